The number of aromatic hydroxyl groups is 2. The maximum atomic E-state index is 12.0. The van der Waals surface area contributed by atoms with E-state index in [0.29, 0.717) is 11.6 Å². The summed E-state index contributed by atoms with van der Waals surface area (Å²) in [6.07, 6.45) is 1.64. The quantitative estimate of drug-likeness (QED) is 0.161. The molecule has 0 saturated heterocycles. The molecular formula is C68H78N6O2Pt2-2. The standard InChI is InChI=1S/C68H78N6O2.2Pt/c1-63(2,3)43-29-39(47-23-21-25-55-57(47)71-61(73(55)19)49-33-45(65(7,8)9)35-51(59(49)75)67(13,14)15)27-41(31-43)53-37-54(70-38-69-53)42-28-40(30-44(32-42)64(4,5)6)48-24-22-26-56-58(48)72-62(74(56)20)50-34-46(66(10,11)12)36-52(60(50)76)68(16,17)18;;/h21-26,29-38,75-76H,1-20H3;;/q-2;;. The van der Waals surface area contributed by atoms with Gasteiger partial charge in [0.05, 0.1) is 39.5 Å². The first kappa shape index (κ1) is 60.0. The number of aryl methyl sites for hydroxylation is 2. The van der Waals surface area contributed by atoms with Crippen molar-refractivity contribution in [2.45, 2.75) is 157 Å². The maximum absolute atomic E-state index is 12.0. The van der Waals surface area contributed by atoms with Gasteiger partial charge in [-0.3, -0.25) is 9.97 Å². The summed E-state index contributed by atoms with van der Waals surface area (Å²) in [5.74, 6) is 1.93. The molecule has 9 aromatic rings. The second-order valence-corrected chi connectivity index (χ2v) is 27.4. The van der Waals surface area contributed by atoms with E-state index in [9.17, 15) is 10.2 Å². The van der Waals surface area contributed by atoms with Crippen LogP contribution in [-0.4, -0.2) is 39.3 Å². The fourth-order valence-electron chi connectivity index (χ4n) is 10.2. The molecule has 0 aliphatic carbocycles. The van der Waals surface area contributed by atoms with Crippen molar-refractivity contribution in [1.29, 1.82) is 0 Å². The summed E-state index contributed by atoms with van der Waals surface area (Å²) >= 11 is 0. The van der Waals surface area contributed by atoms with Gasteiger partial charge in [0.25, 0.3) is 0 Å². The van der Waals surface area contributed by atoms with Crippen LogP contribution in [0.25, 0.3) is 89.6 Å². The number of nitrogens with zero attached hydrogens (tertiary/aromatic N) is 6. The molecule has 2 N–H and O–H groups in total. The van der Waals surface area contributed by atoms with Crippen molar-refractivity contribution in [1.82, 2.24) is 29.1 Å². The molecule has 0 aliphatic rings. The van der Waals surface area contributed by atoms with Crippen LogP contribution in [0, 0.1) is 12.1 Å². The molecule has 9 rings (SSSR count). The largest absolute Gasteiger partial charge is 0.507 e. The molecule has 414 valence electrons. The van der Waals surface area contributed by atoms with Gasteiger partial charge in [-0.15, -0.1) is 58.7 Å². The molecule has 0 atom stereocenters. The molecule has 0 amide bonds. The zero-order chi connectivity index (χ0) is 55.6. The zero-order valence-corrected chi connectivity index (χ0v) is 54.0. The Kier molecular flexibility index (Phi) is 16.0. The Labute approximate surface area is 493 Å². The summed E-state index contributed by atoms with van der Waals surface area (Å²) in [4.78, 5) is 20.6. The first-order valence-electron chi connectivity index (χ1n) is 26.8. The molecule has 0 aliphatic heterocycles. The van der Waals surface area contributed by atoms with Crippen LogP contribution in [0.3, 0.4) is 0 Å². The number of rotatable bonds is 6. The van der Waals surface area contributed by atoms with E-state index in [1.807, 2.05) is 14.1 Å². The number of hydrogen-bond acceptors (Lipinski definition) is 6. The minimum Gasteiger partial charge on any atom is -0.507 e. The molecule has 0 bridgehead atoms. The Bertz CT molecular complexity index is 3520. The maximum Gasteiger partial charge on any atom is 0.143 e. The Morgan fingerprint density at radius 2 is 0.705 bits per heavy atom. The number of benzene rings is 6. The van der Waals surface area contributed by atoms with Gasteiger partial charge in [-0.05, 0) is 67.9 Å². The van der Waals surface area contributed by atoms with Crippen molar-refractivity contribution in [3.8, 4) is 79.0 Å². The van der Waals surface area contributed by atoms with Gasteiger partial charge in [0.2, 0.25) is 0 Å². The van der Waals surface area contributed by atoms with E-state index in [4.69, 9.17) is 19.9 Å². The molecule has 10 heteroatoms. The van der Waals surface area contributed by atoms with Gasteiger partial charge in [0, 0.05) is 78.7 Å². The summed E-state index contributed by atoms with van der Waals surface area (Å²) in [5, 5.41) is 24.0. The molecule has 3 heterocycles. The second kappa shape index (κ2) is 20.8. The van der Waals surface area contributed by atoms with Crippen molar-refractivity contribution in [3.05, 3.63) is 143 Å². The molecular weight excluding hydrogens is 1320 g/mol. The molecule has 0 radical (unpaired) electrons. The van der Waals surface area contributed by atoms with E-state index < -0.39 is 0 Å². The van der Waals surface area contributed by atoms with Gasteiger partial charge in [0.1, 0.15) is 23.1 Å². The van der Waals surface area contributed by atoms with Crippen LogP contribution in [-0.2, 0) is 88.7 Å². The predicted octanol–water partition coefficient (Wildman–Crippen LogP) is 17.0. The van der Waals surface area contributed by atoms with E-state index in [0.717, 1.165) is 111 Å². The first-order valence-corrected chi connectivity index (χ1v) is 26.8. The number of aromatic nitrogens is 6. The predicted molar refractivity (Wildman–Crippen MR) is 316 cm³/mol. The van der Waals surface area contributed by atoms with Crippen molar-refractivity contribution in [2.75, 3.05) is 0 Å². The van der Waals surface area contributed by atoms with Gasteiger partial charge in [-0.25, -0.2) is 9.97 Å². The van der Waals surface area contributed by atoms with Crippen molar-refractivity contribution < 1.29 is 52.3 Å². The molecule has 8 nitrogen and oxygen atoms in total. The topological polar surface area (TPSA) is 102 Å². The fourth-order valence-corrected chi connectivity index (χ4v) is 10.2. The number of fused-ring (bicyclic) bond motifs is 2. The van der Waals surface area contributed by atoms with Crippen LogP contribution in [0.5, 0.6) is 11.5 Å². The second-order valence-electron chi connectivity index (χ2n) is 27.4. The van der Waals surface area contributed by atoms with Crippen molar-refractivity contribution >= 4 is 22.1 Å². The number of imidazole rings is 2. The third kappa shape index (κ3) is 11.4. The Morgan fingerprint density at radius 1 is 0.385 bits per heavy atom. The first-order chi connectivity index (χ1) is 35.1. The van der Waals surface area contributed by atoms with Gasteiger partial charge in [-0.1, -0.05) is 189 Å². The van der Waals surface area contributed by atoms with E-state index in [-0.39, 0.29) is 86.1 Å². The summed E-state index contributed by atoms with van der Waals surface area (Å²) in [5.41, 5.74) is 16.9. The monoisotopic (exact) mass is 1400 g/mol. The SMILES string of the molecule is Cn1c(-c2cc(C(C)(C)C)cc(C(C)(C)C)c2O)nc2c(-c3[c-]c(-c4cc(-c5[c-]c(-c6cccc7c6nc(-c6cc(C(C)(C)C)cc(C(C)(C)C)c6O)n7C)cc(C(C)(C)C)c5)ncn4)cc(C(C)(C)C)c3)cccc21.[Pt].[Pt]. The van der Waals surface area contributed by atoms with Crippen LogP contribution < -0.4 is 0 Å². The van der Waals surface area contributed by atoms with Crippen LogP contribution in [0.2, 0.25) is 0 Å². The summed E-state index contributed by atoms with van der Waals surface area (Å²) in [6, 6.07) is 39.6. The third-order valence-electron chi connectivity index (χ3n) is 15.1. The zero-order valence-electron chi connectivity index (χ0n) is 49.4. The molecule has 0 fully saturated rings. The number of para-hydroxylation sites is 2. The third-order valence-corrected chi connectivity index (χ3v) is 15.1. The van der Waals surface area contributed by atoms with Crippen LogP contribution >= 0.6 is 0 Å². The summed E-state index contributed by atoms with van der Waals surface area (Å²) in [7, 11) is 4.06. The Hall–Kier alpha value is -5.68. The molecule has 0 unspecified atom stereocenters. The molecule has 78 heavy (non-hydrogen) atoms. The van der Waals surface area contributed by atoms with Crippen LogP contribution in [0.15, 0.2) is 97.3 Å². The van der Waals surface area contributed by atoms with E-state index in [2.05, 4.69) is 237 Å². The van der Waals surface area contributed by atoms with Gasteiger partial charge < -0.3 is 19.3 Å². The minimum absolute atomic E-state index is 0. The summed E-state index contributed by atoms with van der Waals surface area (Å²) < 4.78 is 4.20. The minimum atomic E-state index is -0.284. The van der Waals surface area contributed by atoms with E-state index >= 15 is 0 Å². The molecule has 6 aromatic carbocycles. The van der Waals surface area contributed by atoms with E-state index in [1.54, 1.807) is 6.33 Å². The molecule has 3 aromatic heterocycles. The van der Waals surface area contributed by atoms with E-state index in [1.165, 1.54) is 0 Å². The molecule has 0 spiro atoms. The summed E-state index contributed by atoms with van der Waals surface area (Å²) in [6.45, 7) is 39.5. The van der Waals surface area contributed by atoms with Gasteiger partial charge in [-0.2, -0.15) is 0 Å². The van der Waals surface area contributed by atoms with Gasteiger partial charge in [0.15, 0.2) is 0 Å². The Balaban J connectivity index is 0.00000441. The van der Waals surface area contributed by atoms with Crippen molar-refractivity contribution in [3.63, 3.8) is 0 Å². The average Bonchev–Trinajstić information content (AvgIpc) is 3.88. The normalized spacial score (nSPS) is 12.8. The van der Waals surface area contributed by atoms with Crippen molar-refractivity contribution in [2.24, 2.45) is 14.1 Å². The van der Waals surface area contributed by atoms with Crippen LogP contribution in [0.1, 0.15) is 158 Å². The Morgan fingerprint density at radius 3 is 1.03 bits per heavy atom. The number of hydrogen-bond donors (Lipinski definition) is 2. The van der Waals surface area contributed by atoms with Gasteiger partial charge >= 0.3 is 0 Å². The smallest absolute Gasteiger partial charge is 0.143 e. The molecule has 0 saturated carbocycles. The fraction of sp³-hybridized carbons (Fsp3) is 0.382. The number of phenolic OH excluding ortho intramolecular Hbond substituents is 2. The number of phenols is 2. The average molecular weight is 1400 g/mol. The van der Waals surface area contributed by atoms with Crippen LogP contribution in [0.4, 0.5) is 0 Å².